The van der Waals surface area contributed by atoms with Gasteiger partial charge in [0.05, 0.1) is 18.5 Å². The Kier molecular flexibility index (Phi) is 5.52. The minimum Gasteiger partial charge on any atom is -0.496 e. The first-order valence-electron chi connectivity index (χ1n) is 10.6. The second kappa shape index (κ2) is 8.00. The molecule has 0 N–H and O–H groups in total. The number of fused-ring (bicyclic) bond motifs is 2. The van der Waals surface area contributed by atoms with Crippen LogP contribution in [0.15, 0.2) is 41.3 Å². The number of likely N-dealkylation sites (tertiary alicyclic amines) is 1. The van der Waals surface area contributed by atoms with Gasteiger partial charge >= 0.3 is 0 Å². The maximum absolute atomic E-state index is 13.0. The summed E-state index contributed by atoms with van der Waals surface area (Å²) in [5.41, 5.74) is 5.45. The number of anilines is 1. The van der Waals surface area contributed by atoms with Crippen molar-refractivity contribution in [1.82, 2.24) is 14.3 Å². The molecule has 2 saturated heterocycles. The molecule has 6 nitrogen and oxygen atoms in total. The topological polar surface area (TPSA) is 50.1 Å². The highest BCUT2D eigenvalue weighted by molar-refractivity contribution is 5.66. The maximum atomic E-state index is 13.0. The van der Waals surface area contributed by atoms with Crippen molar-refractivity contribution in [2.75, 3.05) is 45.2 Å². The van der Waals surface area contributed by atoms with Crippen LogP contribution in [0, 0.1) is 25.7 Å². The summed E-state index contributed by atoms with van der Waals surface area (Å²) in [6, 6.07) is 9.70. The van der Waals surface area contributed by atoms with Crippen LogP contribution in [0.5, 0.6) is 5.75 Å². The Morgan fingerprint density at radius 3 is 2.35 bits per heavy atom. The van der Waals surface area contributed by atoms with Crippen LogP contribution in [0.25, 0.3) is 16.9 Å². The molecule has 3 aromatic rings. The molecular weight excluding hydrogens is 388 g/mol. The molecule has 6 heteroatoms. The molecule has 2 atom stereocenters. The van der Waals surface area contributed by atoms with Gasteiger partial charge in [0.1, 0.15) is 11.4 Å². The molecule has 0 unspecified atom stereocenters. The van der Waals surface area contributed by atoms with E-state index in [1.807, 2.05) is 38.2 Å². The molecule has 0 aliphatic carbocycles. The van der Waals surface area contributed by atoms with Gasteiger partial charge in [0.15, 0.2) is 0 Å². The Morgan fingerprint density at radius 2 is 1.71 bits per heavy atom. The molecule has 1 aromatic carbocycles. The van der Waals surface area contributed by atoms with Crippen molar-refractivity contribution in [3.8, 4) is 17.0 Å². The molecule has 31 heavy (non-hydrogen) atoms. The fourth-order valence-corrected chi connectivity index (χ4v) is 5.15. The molecule has 0 amide bonds. The average Bonchev–Trinajstić information content (AvgIpc) is 3.25. The van der Waals surface area contributed by atoms with E-state index in [0.29, 0.717) is 11.3 Å². The van der Waals surface area contributed by atoms with Crippen molar-refractivity contribution in [3.05, 3.63) is 58.0 Å². The van der Waals surface area contributed by atoms with Crippen LogP contribution >= 0.6 is 0 Å². The van der Waals surface area contributed by atoms with Crippen molar-refractivity contribution in [3.63, 3.8) is 0 Å². The molecule has 164 valence electrons. The summed E-state index contributed by atoms with van der Waals surface area (Å²) in [5, 5.41) is 0. The third kappa shape index (κ3) is 3.69. The van der Waals surface area contributed by atoms with Gasteiger partial charge in [-0.15, -0.1) is 0 Å². The number of nitrogens with zero attached hydrogens (tertiary/aromatic N) is 4. The van der Waals surface area contributed by atoms with Crippen LogP contribution < -0.4 is 15.2 Å². The van der Waals surface area contributed by atoms with Crippen molar-refractivity contribution in [2.24, 2.45) is 11.8 Å². The zero-order valence-electron chi connectivity index (χ0n) is 18.1. The predicted octanol–water partition coefficient (Wildman–Crippen LogP) is 3.62. The lowest BCUT2D eigenvalue weighted by molar-refractivity contribution is 0.387. The number of ether oxygens (including phenoxy) is 1. The SMILES string of the molecule is C.COc1ccc(-c2cc(=O)n3cc(N4C[C@H]5CN(C)C[C@H]5C4)cc(C)c3n2)cc1C. The summed E-state index contributed by atoms with van der Waals surface area (Å²) in [6.45, 7) is 8.49. The van der Waals surface area contributed by atoms with Crippen molar-refractivity contribution < 1.29 is 4.74 Å². The van der Waals surface area contributed by atoms with Crippen molar-refractivity contribution in [2.45, 2.75) is 21.3 Å². The van der Waals surface area contributed by atoms with E-state index < -0.39 is 0 Å². The summed E-state index contributed by atoms with van der Waals surface area (Å²) < 4.78 is 7.05. The predicted molar refractivity (Wildman–Crippen MR) is 126 cm³/mol. The van der Waals surface area contributed by atoms with E-state index in [1.165, 1.54) is 13.1 Å². The number of aryl methyl sites for hydroxylation is 2. The summed E-state index contributed by atoms with van der Waals surface area (Å²) in [4.78, 5) is 22.7. The van der Waals surface area contributed by atoms with Crippen LogP contribution in [0.4, 0.5) is 5.69 Å². The van der Waals surface area contributed by atoms with Crippen LogP contribution in [0.3, 0.4) is 0 Å². The van der Waals surface area contributed by atoms with E-state index in [-0.39, 0.29) is 13.0 Å². The van der Waals surface area contributed by atoms with E-state index in [1.54, 1.807) is 17.6 Å². The monoisotopic (exact) mass is 420 g/mol. The summed E-state index contributed by atoms with van der Waals surface area (Å²) >= 11 is 0. The highest BCUT2D eigenvalue weighted by atomic mass is 16.5. The van der Waals surface area contributed by atoms with E-state index in [4.69, 9.17) is 9.72 Å². The molecule has 2 aliphatic heterocycles. The van der Waals surface area contributed by atoms with Crippen molar-refractivity contribution >= 4 is 11.3 Å². The third-order valence-corrected chi connectivity index (χ3v) is 6.66. The van der Waals surface area contributed by atoms with E-state index in [9.17, 15) is 4.79 Å². The molecular formula is C25H32N4O2. The second-order valence-electron chi connectivity index (χ2n) is 8.89. The first-order valence-corrected chi connectivity index (χ1v) is 10.6. The first kappa shape index (κ1) is 21.4. The largest absolute Gasteiger partial charge is 0.496 e. The quantitative estimate of drug-likeness (QED) is 0.648. The lowest BCUT2D eigenvalue weighted by Crippen LogP contribution is -2.27. The number of methoxy groups -OCH3 is 1. The third-order valence-electron chi connectivity index (χ3n) is 6.66. The van der Waals surface area contributed by atoms with Gasteiger partial charge < -0.3 is 14.5 Å². The number of pyridine rings is 1. The smallest absolute Gasteiger partial charge is 0.258 e. The zero-order valence-corrected chi connectivity index (χ0v) is 18.1. The van der Waals surface area contributed by atoms with Gasteiger partial charge in [-0.1, -0.05) is 7.43 Å². The van der Waals surface area contributed by atoms with Gasteiger partial charge in [0, 0.05) is 44.0 Å². The van der Waals surface area contributed by atoms with Gasteiger partial charge in [-0.05, 0) is 68.1 Å². The summed E-state index contributed by atoms with van der Waals surface area (Å²) in [7, 11) is 3.87. The standard InChI is InChI=1S/C24H28N4O2.CH4/c1-15-7-17(5-6-22(15)30-4)21-9-23(29)28-14-20(8-16(2)24(28)25-21)27-12-18-10-26(3)11-19(18)13-27;/h5-9,14,18-19H,10-13H2,1-4H3;1H4/t18-,19+;. The number of rotatable bonds is 3. The summed E-state index contributed by atoms with van der Waals surface area (Å²) in [6.07, 6.45) is 1.96. The summed E-state index contributed by atoms with van der Waals surface area (Å²) in [5.74, 6) is 2.28. The Morgan fingerprint density at radius 1 is 1.00 bits per heavy atom. The normalized spacial score (nSPS) is 20.7. The average molecular weight is 421 g/mol. The van der Waals surface area contributed by atoms with Crippen LogP contribution in [-0.2, 0) is 0 Å². The van der Waals surface area contributed by atoms with E-state index >= 15 is 0 Å². The van der Waals surface area contributed by atoms with Crippen LogP contribution in [0.1, 0.15) is 18.6 Å². The highest BCUT2D eigenvalue weighted by Crippen LogP contribution is 2.34. The van der Waals surface area contributed by atoms with Gasteiger partial charge in [-0.25, -0.2) is 4.98 Å². The zero-order chi connectivity index (χ0) is 21.0. The van der Waals surface area contributed by atoms with Gasteiger partial charge in [-0.3, -0.25) is 9.20 Å². The molecule has 5 rings (SSSR count). The van der Waals surface area contributed by atoms with Gasteiger partial charge in [0.2, 0.25) is 0 Å². The lowest BCUT2D eigenvalue weighted by Gasteiger charge is -2.22. The molecule has 0 spiro atoms. The molecule has 4 heterocycles. The highest BCUT2D eigenvalue weighted by Gasteiger charge is 2.38. The van der Waals surface area contributed by atoms with E-state index in [2.05, 4.69) is 22.9 Å². The second-order valence-corrected chi connectivity index (χ2v) is 8.89. The Bertz CT molecular complexity index is 1170. The van der Waals surface area contributed by atoms with Gasteiger partial charge in [0.25, 0.3) is 5.56 Å². The fourth-order valence-electron chi connectivity index (χ4n) is 5.15. The molecule has 2 aliphatic rings. The van der Waals surface area contributed by atoms with Crippen molar-refractivity contribution in [1.29, 1.82) is 0 Å². The minimum absolute atomic E-state index is 0. The first-order chi connectivity index (χ1) is 14.4. The molecule has 0 saturated carbocycles. The Hall–Kier alpha value is -2.86. The van der Waals surface area contributed by atoms with Crippen LogP contribution in [-0.4, -0.2) is 54.6 Å². The number of benzene rings is 1. The Balaban J connectivity index is 0.00000231. The van der Waals surface area contributed by atoms with E-state index in [0.717, 1.165) is 53.1 Å². The molecule has 0 bridgehead atoms. The van der Waals surface area contributed by atoms with Gasteiger partial charge in [-0.2, -0.15) is 0 Å². The Labute approximate surface area is 184 Å². The minimum atomic E-state index is -0.0486. The molecule has 2 aromatic heterocycles. The molecule has 0 radical (unpaired) electrons. The maximum Gasteiger partial charge on any atom is 0.258 e. The number of hydrogen-bond acceptors (Lipinski definition) is 5. The number of aromatic nitrogens is 2. The fraction of sp³-hybridized carbons (Fsp3) is 0.440. The molecule has 2 fully saturated rings. The lowest BCUT2D eigenvalue weighted by atomic mass is 10.0. The van der Waals surface area contributed by atoms with Crippen LogP contribution in [0.2, 0.25) is 0 Å². The number of hydrogen-bond donors (Lipinski definition) is 0.